The second-order valence-corrected chi connectivity index (χ2v) is 9.10. The van der Waals surface area contributed by atoms with E-state index in [1.807, 2.05) is 0 Å². The van der Waals surface area contributed by atoms with E-state index in [1.165, 1.54) is 45.3 Å². The highest BCUT2D eigenvalue weighted by molar-refractivity contribution is 5.76. The van der Waals surface area contributed by atoms with Crippen molar-refractivity contribution in [1.29, 1.82) is 0 Å². The first kappa shape index (κ1) is 26.8. The molecular weight excluding hydrogens is 433 g/mol. The van der Waals surface area contributed by atoms with Gasteiger partial charge < -0.3 is 29.1 Å². The summed E-state index contributed by atoms with van der Waals surface area (Å²) in [6.45, 7) is 7.03. The van der Waals surface area contributed by atoms with Gasteiger partial charge in [0.05, 0.1) is 19.3 Å². The van der Waals surface area contributed by atoms with Gasteiger partial charge in [0.25, 0.3) is 0 Å². The van der Waals surface area contributed by atoms with Crippen molar-refractivity contribution >= 4 is 11.9 Å². The molecule has 186 valence electrons. The molecule has 1 spiro atoms. The van der Waals surface area contributed by atoms with E-state index in [9.17, 15) is 18.0 Å². The number of rotatable bonds is 6. The van der Waals surface area contributed by atoms with E-state index in [0.717, 1.165) is 32.2 Å². The molecule has 1 N–H and O–H groups in total. The Labute approximate surface area is 187 Å². The maximum Gasteiger partial charge on any atom is 0.490 e. The monoisotopic (exact) mass is 468 g/mol. The van der Waals surface area contributed by atoms with Crippen LogP contribution in [-0.4, -0.2) is 106 Å². The number of likely N-dealkylation sites (N-methyl/N-ethyl adjacent to an activating group) is 1. The molecule has 1 atom stereocenters. The quantitative estimate of drug-likeness (QED) is 0.638. The molecule has 3 aliphatic heterocycles. The average molecular weight is 469 g/mol. The SMILES string of the molecule is CN(C)C(=O)COCC1CC2(CCN(CC3CCOCC3)CC2)CO1.O=C(O)C(F)(F)F. The summed E-state index contributed by atoms with van der Waals surface area (Å²) in [5.74, 6) is -1.93. The number of likely N-dealkylation sites (tertiary alicyclic amines) is 1. The van der Waals surface area contributed by atoms with Crippen LogP contribution in [-0.2, 0) is 23.8 Å². The number of aliphatic carboxylic acids is 1. The molecule has 8 nitrogen and oxygen atoms in total. The van der Waals surface area contributed by atoms with Crippen LogP contribution in [0, 0.1) is 11.3 Å². The molecule has 1 amide bonds. The van der Waals surface area contributed by atoms with Crippen molar-refractivity contribution < 1.29 is 42.1 Å². The Balaban J connectivity index is 0.000000451. The van der Waals surface area contributed by atoms with Gasteiger partial charge in [0, 0.05) is 33.9 Å². The number of nitrogens with zero attached hydrogens (tertiary/aromatic N) is 2. The third kappa shape index (κ3) is 8.84. The highest BCUT2D eigenvalue weighted by Crippen LogP contribution is 2.42. The lowest BCUT2D eigenvalue weighted by Gasteiger charge is -2.40. The molecule has 0 aromatic rings. The third-order valence-corrected chi connectivity index (χ3v) is 6.33. The van der Waals surface area contributed by atoms with Crippen LogP contribution in [0.1, 0.15) is 32.1 Å². The van der Waals surface area contributed by atoms with Gasteiger partial charge in [-0.1, -0.05) is 0 Å². The predicted molar refractivity (Wildman–Crippen MR) is 109 cm³/mol. The summed E-state index contributed by atoms with van der Waals surface area (Å²) in [5, 5.41) is 7.12. The minimum atomic E-state index is -5.08. The number of hydrogen-bond acceptors (Lipinski definition) is 6. The zero-order chi connectivity index (χ0) is 23.8. The van der Waals surface area contributed by atoms with Crippen molar-refractivity contribution in [2.24, 2.45) is 11.3 Å². The first-order chi connectivity index (χ1) is 15.0. The second-order valence-electron chi connectivity index (χ2n) is 9.10. The number of piperidine rings is 1. The zero-order valence-corrected chi connectivity index (χ0v) is 18.9. The fraction of sp³-hybridized carbons (Fsp3) is 0.905. The van der Waals surface area contributed by atoms with Crippen molar-refractivity contribution in [1.82, 2.24) is 9.80 Å². The maximum atomic E-state index is 11.6. The molecule has 3 heterocycles. The highest BCUT2D eigenvalue weighted by atomic mass is 19.4. The number of carbonyl (C=O) groups excluding carboxylic acids is 1. The van der Waals surface area contributed by atoms with Gasteiger partial charge in [0.2, 0.25) is 5.91 Å². The van der Waals surface area contributed by atoms with E-state index in [4.69, 9.17) is 24.1 Å². The van der Waals surface area contributed by atoms with Crippen LogP contribution in [0.2, 0.25) is 0 Å². The van der Waals surface area contributed by atoms with Crippen molar-refractivity contribution in [2.45, 2.75) is 44.4 Å². The summed E-state index contributed by atoms with van der Waals surface area (Å²) in [4.78, 5) is 24.7. The van der Waals surface area contributed by atoms with Crippen LogP contribution in [0.4, 0.5) is 13.2 Å². The Morgan fingerprint density at radius 3 is 2.31 bits per heavy atom. The van der Waals surface area contributed by atoms with Gasteiger partial charge in [0.15, 0.2) is 0 Å². The smallest absolute Gasteiger partial charge is 0.475 e. The van der Waals surface area contributed by atoms with Crippen LogP contribution >= 0.6 is 0 Å². The van der Waals surface area contributed by atoms with Crippen molar-refractivity contribution in [3.63, 3.8) is 0 Å². The molecule has 3 aliphatic rings. The summed E-state index contributed by atoms with van der Waals surface area (Å²) in [6, 6.07) is 0. The molecule has 11 heteroatoms. The number of ether oxygens (including phenoxy) is 3. The molecule has 3 saturated heterocycles. The highest BCUT2D eigenvalue weighted by Gasteiger charge is 2.42. The largest absolute Gasteiger partial charge is 0.490 e. The molecule has 1 unspecified atom stereocenters. The Morgan fingerprint density at radius 1 is 1.19 bits per heavy atom. The molecule has 0 saturated carbocycles. The first-order valence-corrected chi connectivity index (χ1v) is 11.0. The van der Waals surface area contributed by atoms with Crippen LogP contribution in [0.15, 0.2) is 0 Å². The lowest BCUT2D eigenvalue weighted by Crippen LogP contribution is -2.43. The van der Waals surface area contributed by atoms with Gasteiger partial charge in [-0.05, 0) is 56.5 Å². The lowest BCUT2D eigenvalue weighted by molar-refractivity contribution is -0.192. The number of halogens is 3. The molecule has 0 radical (unpaired) electrons. The van der Waals surface area contributed by atoms with E-state index in [-0.39, 0.29) is 18.6 Å². The number of carboxylic acids is 1. The van der Waals surface area contributed by atoms with Crippen molar-refractivity contribution in [2.75, 3.05) is 66.8 Å². The van der Waals surface area contributed by atoms with Crippen LogP contribution < -0.4 is 0 Å². The fourth-order valence-electron chi connectivity index (χ4n) is 4.26. The van der Waals surface area contributed by atoms with Crippen molar-refractivity contribution in [3.05, 3.63) is 0 Å². The number of hydrogen-bond donors (Lipinski definition) is 1. The van der Waals surface area contributed by atoms with Gasteiger partial charge in [-0.3, -0.25) is 4.79 Å². The molecule has 32 heavy (non-hydrogen) atoms. The topological polar surface area (TPSA) is 88.5 Å². The Hall–Kier alpha value is -1.43. The number of alkyl halides is 3. The normalized spacial score (nSPS) is 24.1. The Bertz CT molecular complexity index is 603. The van der Waals surface area contributed by atoms with Crippen LogP contribution in [0.3, 0.4) is 0 Å². The van der Waals surface area contributed by atoms with Crippen LogP contribution in [0.5, 0.6) is 0 Å². The standard InChI is InChI=1S/C19H34N2O4.C2HF3O2/c1-20(2)18(22)14-24-13-17-11-19(15-25-17)5-7-21(8-6-19)12-16-3-9-23-10-4-16;3-2(4,5)1(6)7/h16-17H,3-15H2,1-2H3;(H,6,7). The summed E-state index contributed by atoms with van der Waals surface area (Å²) in [6.07, 6.45) is 1.03. The second kappa shape index (κ2) is 12.2. The summed E-state index contributed by atoms with van der Waals surface area (Å²) < 4.78 is 48.7. The van der Waals surface area contributed by atoms with E-state index in [2.05, 4.69) is 4.90 Å². The van der Waals surface area contributed by atoms with Crippen LogP contribution in [0.25, 0.3) is 0 Å². The van der Waals surface area contributed by atoms with E-state index in [0.29, 0.717) is 12.0 Å². The van der Waals surface area contributed by atoms with E-state index in [1.54, 1.807) is 19.0 Å². The fourth-order valence-corrected chi connectivity index (χ4v) is 4.26. The van der Waals surface area contributed by atoms with Crippen molar-refractivity contribution in [3.8, 4) is 0 Å². The minimum absolute atomic E-state index is 0.00845. The molecule has 0 aromatic heterocycles. The summed E-state index contributed by atoms with van der Waals surface area (Å²) in [7, 11) is 3.50. The molecule has 3 rings (SSSR count). The molecular formula is C21H35F3N2O6. The van der Waals surface area contributed by atoms with E-state index >= 15 is 0 Å². The first-order valence-electron chi connectivity index (χ1n) is 11.0. The maximum absolute atomic E-state index is 11.6. The number of amides is 1. The Morgan fingerprint density at radius 2 is 1.78 bits per heavy atom. The lowest BCUT2D eigenvalue weighted by atomic mass is 9.76. The van der Waals surface area contributed by atoms with Gasteiger partial charge in [-0.25, -0.2) is 4.79 Å². The van der Waals surface area contributed by atoms with Gasteiger partial charge in [0.1, 0.15) is 6.61 Å². The predicted octanol–water partition coefficient (Wildman–Crippen LogP) is 2.02. The van der Waals surface area contributed by atoms with Gasteiger partial charge >= 0.3 is 12.1 Å². The number of carbonyl (C=O) groups is 2. The Kier molecular flexibility index (Phi) is 10.2. The summed E-state index contributed by atoms with van der Waals surface area (Å²) in [5.41, 5.74) is 0.339. The third-order valence-electron chi connectivity index (χ3n) is 6.33. The number of carboxylic acid groups (broad SMARTS) is 1. The van der Waals surface area contributed by atoms with Gasteiger partial charge in [-0.15, -0.1) is 0 Å². The average Bonchev–Trinajstić information content (AvgIpc) is 3.13. The molecule has 0 aliphatic carbocycles. The molecule has 0 aromatic carbocycles. The molecule has 3 fully saturated rings. The molecule has 0 bridgehead atoms. The minimum Gasteiger partial charge on any atom is -0.475 e. The van der Waals surface area contributed by atoms with E-state index < -0.39 is 12.1 Å². The summed E-state index contributed by atoms with van der Waals surface area (Å²) >= 11 is 0. The zero-order valence-electron chi connectivity index (χ0n) is 18.9. The van der Waals surface area contributed by atoms with Gasteiger partial charge in [-0.2, -0.15) is 13.2 Å².